The van der Waals surface area contributed by atoms with E-state index in [2.05, 4.69) is 31.7 Å². The van der Waals surface area contributed by atoms with Gasteiger partial charge in [-0.1, -0.05) is 0 Å². The van der Waals surface area contributed by atoms with Crippen molar-refractivity contribution in [1.82, 2.24) is 19.6 Å². The molecule has 0 radical (unpaired) electrons. The minimum Gasteiger partial charge on any atom is -0.444 e. The summed E-state index contributed by atoms with van der Waals surface area (Å²) in [6.07, 6.45) is 5.71. The topological polar surface area (TPSA) is 104 Å². The Morgan fingerprint density at radius 2 is 1.97 bits per heavy atom. The van der Waals surface area contributed by atoms with E-state index in [9.17, 15) is 9.90 Å². The first-order valence-electron chi connectivity index (χ1n) is 12.1. The molecule has 0 bridgehead atoms. The van der Waals surface area contributed by atoms with Gasteiger partial charge in [-0.05, 0) is 60.3 Å². The lowest BCUT2D eigenvalue weighted by Crippen LogP contribution is -2.62. The van der Waals surface area contributed by atoms with E-state index in [0.29, 0.717) is 17.7 Å². The third kappa shape index (κ3) is 6.71. The highest BCUT2D eigenvalue weighted by Crippen LogP contribution is 2.30. The van der Waals surface area contributed by atoms with Gasteiger partial charge < -0.3 is 24.8 Å². The number of piperidine rings is 1. The third-order valence-electron chi connectivity index (χ3n) is 6.52. The van der Waals surface area contributed by atoms with Gasteiger partial charge in [0.05, 0.1) is 23.6 Å². The lowest BCUT2D eigenvalue weighted by atomic mass is 10.00. The standard InChI is InChI=1S/C25H40N6O4/c1-17(21(8-11-26-6)23(32)34-7)28-22-14-27-31(18(22)2)19-9-12-29(13-10-19)20-15-30(16-20)24(33)35-25(3,4)5/h8,11,14,19-20,23,28,32H,6,9-10,12-13,15-16H2,1-5,7H3/b11-8-,21-17-. The quantitative estimate of drug-likeness (QED) is 0.329. The molecule has 0 saturated carbocycles. The van der Waals surface area contributed by atoms with Gasteiger partial charge in [0.25, 0.3) is 0 Å². The van der Waals surface area contributed by atoms with E-state index < -0.39 is 11.9 Å². The SMILES string of the molecule is C=N/C=C\C(=C(/C)Nc1cnn(C2CCN(C3CN(C(=O)OC(C)(C)C)C3)CC2)c1C)C(O)OC. The van der Waals surface area contributed by atoms with Gasteiger partial charge in [-0.2, -0.15) is 5.10 Å². The van der Waals surface area contributed by atoms with Crippen LogP contribution in [0.5, 0.6) is 0 Å². The largest absolute Gasteiger partial charge is 0.444 e. The van der Waals surface area contributed by atoms with Crippen molar-refractivity contribution in [3.8, 4) is 0 Å². The molecule has 1 unspecified atom stereocenters. The van der Waals surface area contributed by atoms with Crippen LogP contribution < -0.4 is 5.32 Å². The maximum absolute atomic E-state index is 12.2. The second-order valence-electron chi connectivity index (χ2n) is 10.2. The van der Waals surface area contributed by atoms with Gasteiger partial charge in [-0.15, -0.1) is 0 Å². The van der Waals surface area contributed by atoms with Crippen LogP contribution in [0.1, 0.15) is 52.3 Å². The molecule has 10 nitrogen and oxygen atoms in total. The van der Waals surface area contributed by atoms with Gasteiger partial charge >= 0.3 is 6.09 Å². The maximum Gasteiger partial charge on any atom is 0.410 e. The zero-order valence-electron chi connectivity index (χ0n) is 21.8. The Hall–Kier alpha value is -2.69. The number of rotatable bonds is 8. The Kier molecular flexibility index (Phi) is 8.74. The van der Waals surface area contributed by atoms with Crippen LogP contribution in [0.4, 0.5) is 10.5 Å². The van der Waals surface area contributed by atoms with E-state index in [1.807, 2.05) is 40.8 Å². The first-order valence-corrected chi connectivity index (χ1v) is 12.1. The van der Waals surface area contributed by atoms with Crippen LogP contribution in [0, 0.1) is 6.92 Å². The molecule has 3 rings (SSSR count). The van der Waals surface area contributed by atoms with E-state index in [0.717, 1.165) is 56.1 Å². The maximum atomic E-state index is 12.2. The Bertz CT molecular complexity index is 950. The van der Waals surface area contributed by atoms with Crippen LogP contribution in [-0.2, 0) is 9.47 Å². The summed E-state index contributed by atoms with van der Waals surface area (Å²) in [5.41, 5.74) is 2.78. The number of carbonyl (C=O) groups is 1. The molecule has 10 heteroatoms. The zero-order chi connectivity index (χ0) is 25.8. The molecule has 35 heavy (non-hydrogen) atoms. The van der Waals surface area contributed by atoms with Crippen LogP contribution in [0.2, 0.25) is 0 Å². The number of hydrogen-bond donors (Lipinski definition) is 2. The fourth-order valence-corrected chi connectivity index (χ4v) is 4.50. The van der Waals surface area contributed by atoms with E-state index in [4.69, 9.17) is 9.47 Å². The lowest BCUT2D eigenvalue weighted by molar-refractivity contribution is -0.0426. The normalized spacial score (nSPS) is 19.9. The van der Waals surface area contributed by atoms with Crippen molar-refractivity contribution in [3.63, 3.8) is 0 Å². The van der Waals surface area contributed by atoms with E-state index in [-0.39, 0.29) is 6.09 Å². The summed E-state index contributed by atoms with van der Waals surface area (Å²) in [5.74, 6) is 0. The number of nitrogens with zero attached hydrogens (tertiary/aromatic N) is 5. The number of aliphatic hydroxyl groups excluding tert-OH is 1. The molecule has 194 valence electrons. The molecule has 2 N–H and O–H groups in total. The van der Waals surface area contributed by atoms with Crippen LogP contribution in [0.15, 0.2) is 34.7 Å². The molecule has 0 spiro atoms. The molecule has 2 saturated heterocycles. The molecule has 3 heterocycles. The number of methoxy groups -OCH3 is 1. The highest BCUT2D eigenvalue weighted by Gasteiger charge is 2.38. The fraction of sp³-hybridized carbons (Fsp3) is 0.640. The Labute approximate surface area is 208 Å². The average Bonchev–Trinajstić information content (AvgIpc) is 3.12. The van der Waals surface area contributed by atoms with Crippen molar-refractivity contribution < 1.29 is 19.4 Å². The molecule has 2 aliphatic heterocycles. The second kappa shape index (κ2) is 11.4. The van der Waals surface area contributed by atoms with Crippen molar-refractivity contribution in [3.05, 3.63) is 35.4 Å². The van der Waals surface area contributed by atoms with Gasteiger partial charge in [0, 0.05) is 56.8 Å². The van der Waals surface area contributed by atoms with Crippen molar-refractivity contribution in [2.75, 3.05) is 38.6 Å². The summed E-state index contributed by atoms with van der Waals surface area (Å²) in [6.45, 7) is 16.4. The molecule has 2 fully saturated rings. The molecule has 1 amide bonds. The molecule has 1 aromatic rings. The van der Waals surface area contributed by atoms with Crippen LogP contribution in [0.25, 0.3) is 0 Å². The molecule has 1 atom stereocenters. The summed E-state index contributed by atoms with van der Waals surface area (Å²) < 4.78 is 12.6. The monoisotopic (exact) mass is 488 g/mol. The molecule has 1 aromatic heterocycles. The van der Waals surface area contributed by atoms with Gasteiger partial charge in [-0.25, -0.2) is 4.79 Å². The second-order valence-corrected chi connectivity index (χ2v) is 10.2. The predicted octanol–water partition coefficient (Wildman–Crippen LogP) is 3.31. The average molecular weight is 489 g/mol. The van der Waals surface area contributed by atoms with Gasteiger partial charge in [0.1, 0.15) is 5.60 Å². The van der Waals surface area contributed by atoms with E-state index in [1.165, 1.54) is 13.3 Å². The van der Waals surface area contributed by atoms with Crippen LogP contribution >= 0.6 is 0 Å². The fourth-order valence-electron chi connectivity index (χ4n) is 4.50. The first kappa shape index (κ1) is 26.9. The van der Waals surface area contributed by atoms with E-state index in [1.54, 1.807) is 11.0 Å². The van der Waals surface area contributed by atoms with Gasteiger partial charge in [0.2, 0.25) is 0 Å². The number of allylic oxidation sites excluding steroid dienone is 1. The molecular formula is C25H40N6O4. The number of nitrogens with one attached hydrogen (secondary N) is 1. The van der Waals surface area contributed by atoms with Crippen molar-refractivity contribution in [2.24, 2.45) is 4.99 Å². The molecule has 0 aromatic carbocycles. The number of likely N-dealkylation sites (tertiary alicyclic amines) is 2. The molecular weight excluding hydrogens is 448 g/mol. The van der Waals surface area contributed by atoms with Gasteiger partial charge in [-0.3, -0.25) is 14.6 Å². The van der Waals surface area contributed by atoms with E-state index >= 15 is 0 Å². The molecule has 0 aliphatic carbocycles. The van der Waals surface area contributed by atoms with Crippen LogP contribution in [-0.4, -0.2) is 88.7 Å². The molecule has 2 aliphatic rings. The lowest BCUT2D eigenvalue weighted by Gasteiger charge is -2.47. The number of aliphatic hydroxyl groups is 1. The minimum absolute atomic E-state index is 0.224. The summed E-state index contributed by atoms with van der Waals surface area (Å²) in [7, 11) is 1.45. The Balaban J connectivity index is 1.56. The minimum atomic E-state index is -1.07. The number of ether oxygens (including phenoxy) is 2. The Morgan fingerprint density at radius 3 is 2.54 bits per heavy atom. The van der Waals surface area contributed by atoms with Crippen molar-refractivity contribution in [1.29, 1.82) is 0 Å². The van der Waals surface area contributed by atoms with Crippen molar-refractivity contribution in [2.45, 2.75) is 71.4 Å². The number of aromatic nitrogens is 2. The van der Waals surface area contributed by atoms with Crippen molar-refractivity contribution >= 4 is 18.5 Å². The first-order chi connectivity index (χ1) is 16.5. The zero-order valence-corrected chi connectivity index (χ0v) is 21.8. The predicted molar refractivity (Wildman–Crippen MR) is 136 cm³/mol. The summed E-state index contributed by atoms with van der Waals surface area (Å²) in [6, 6.07) is 0.720. The highest BCUT2D eigenvalue weighted by molar-refractivity contribution is 5.69. The number of aliphatic imine (C=N–C) groups is 1. The number of carbonyl (C=O) groups excluding carboxylic acids is 1. The smallest absolute Gasteiger partial charge is 0.410 e. The number of anilines is 1. The Morgan fingerprint density at radius 1 is 1.31 bits per heavy atom. The highest BCUT2D eigenvalue weighted by atomic mass is 16.6. The number of hydrogen-bond acceptors (Lipinski definition) is 8. The van der Waals surface area contributed by atoms with Gasteiger partial charge in [0.15, 0.2) is 6.29 Å². The summed E-state index contributed by atoms with van der Waals surface area (Å²) >= 11 is 0. The number of amides is 1. The third-order valence-corrected chi connectivity index (χ3v) is 6.52. The summed E-state index contributed by atoms with van der Waals surface area (Å²) in [4.78, 5) is 20.2. The summed E-state index contributed by atoms with van der Waals surface area (Å²) in [5, 5.41) is 18.2. The van der Waals surface area contributed by atoms with Crippen LogP contribution in [0.3, 0.4) is 0 Å².